The van der Waals surface area contributed by atoms with Crippen molar-refractivity contribution in [3.63, 3.8) is 0 Å². The van der Waals surface area contributed by atoms with Gasteiger partial charge >= 0.3 is 0 Å². The highest BCUT2D eigenvalue weighted by atomic mass is 35.5. The van der Waals surface area contributed by atoms with Crippen LogP contribution in [-0.2, 0) is 0 Å². The van der Waals surface area contributed by atoms with E-state index in [1.807, 2.05) is 26.0 Å². The first-order valence-corrected chi connectivity index (χ1v) is 11.7. The van der Waals surface area contributed by atoms with E-state index in [9.17, 15) is 9.90 Å². The van der Waals surface area contributed by atoms with Crippen LogP contribution in [0, 0.1) is 6.92 Å². The number of nitrogens with two attached hydrogens (primary N) is 1. The molecular formula is C24H36Cl2N6O2. The van der Waals surface area contributed by atoms with E-state index in [2.05, 4.69) is 31.7 Å². The summed E-state index contributed by atoms with van der Waals surface area (Å²) in [5.74, 6) is 1.16. The molecule has 0 aliphatic heterocycles. The molecule has 0 radical (unpaired) electrons. The molecule has 2 aliphatic carbocycles. The molecule has 2 saturated carbocycles. The molecule has 10 heteroatoms. The van der Waals surface area contributed by atoms with Gasteiger partial charge in [0, 0.05) is 17.5 Å². The third-order valence-corrected chi connectivity index (χ3v) is 6.51. The maximum Gasteiger partial charge on any atom is 0.289 e. The number of halogens is 2. The van der Waals surface area contributed by atoms with E-state index in [-0.39, 0.29) is 60.8 Å². The molecule has 1 amide bonds. The second-order valence-electron chi connectivity index (χ2n) is 9.27. The van der Waals surface area contributed by atoms with Gasteiger partial charge in [-0.1, -0.05) is 24.5 Å². The number of aryl methyl sites for hydroxylation is 1. The van der Waals surface area contributed by atoms with Gasteiger partial charge in [0.25, 0.3) is 5.91 Å². The number of carbonyl (C=O) groups is 1. The Morgan fingerprint density at radius 3 is 2.50 bits per heavy atom. The molecule has 0 unspecified atom stereocenters. The normalized spacial score (nSPS) is 25.1. The van der Waals surface area contributed by atoms with Crippen LogP contribution in [0.3, 0.4) is 0 Å². The number of rotatable bonds is 5. The van der Waals surface area contributed by atoms with E-state index in [4.69, 9.17) is 5.73 Å². The average Bonchev–Trinajstić information content (AvgIpc) is 2.76. The molecule has 2 atom stereocenters. The topological polar surface area (TPSA) is 126 Å². The highest BCUT2D eigenvalue weighted by Crippen LogP contribution is 2.28. The molecule has 0 saturated heterocycles. The van der Waals surface area contributed by atoms with Crippen molar-refractivity contribution in [2.75, 3.05) is 5.32 Å². The molecule has 4 rings (SSSR count). The Morgan fingerprint density at radius 2 is 1.79 bits per heavy atom. The fourth-order valence-electron chi connectivity index (χ4n) is 4.80. The van der Waals surface area contributed by atoms with Gasteiger partial charge in [0.2, 0.25) is 5.82 Å². The number of amides is 1. The van der Waals surface area contributed by atoms with Gasteiger partial charge < -0.3 is 21.5 Å². The van der Waals surface area contributed by atoms with Gasteiger partial charge in [-0.05, 0) is 64.5 Å². The molecule has 1 heterocycles. The summed E-state index contributed by atoms with van der Waals surface area (Å²) in [6.07, 6.45) is 6.90. The number of hydrogen-bond acceptors (Lipinski definition) is 6. The Morgan fingerprint density at radius 1 is 1.09 bits per heavy atom. The first-order chi connectivity index (χ1) is 15.4. The van der Waals surface area contributed by atoms with Crippen LogP contribution in [0.25, 0.3) is 10.9 Å². The van der Waals surface area contributed by atoms with Crippen LogP contribution < -0.4 is 16.4 Å². The van der Waals surface area contributed by atoms with Gasteiger partial charge in [-0.2, -0.15) is 0 Å². The Hall–Kier alpha value is -2.16. The minimum absolute atomic E-state index is 0. The molecule has 0 spiro atoms. The average molecular weight is 511 g/mol. The zero-order valence-corrected chi connectivity index (χ0v) is 21.4. The van der Waals surface area contributed by atoms with Gasteiger partial charge in [-0.25, -0.2) is 9.97 Å². The molecule has 8 nitrogen and oxygen atoms in total. The molecule has 188 valence electrons. The van der Waals surface area contributed by atoms with Crippen LogP contribution in [0.5, 0.6) is 0 Å². The lowest BCUT2D eigenvalue weighted by atomic mass is 9.90. The molecule has 34 heavy (non-hydrogen) atoms. The molecule has 0 bridgehead atoms. The number of carbonyl (C=O) groups excluding carboxylic acids is 1. The first-order valence-electron chi connectivity index (χ1n) is 11.7. The van der Waals surface area contributed by atoms with E-state index in [0.29, 0.717) is 24.5 Å². The number of nitrogens with one attached hydrogen (secondary N) is 2. The molecule has 1 aromatic heterocycles. The zero-order chi connectivity index (χ0) is 22.7. The number of aromatic nitrogens is 2. The van der Waals surface area contributed by atoms with Gasteiger partial charge in [-0.15, -0.1) is 24.8 Å². The largest absolute Gasteiger partial charge is 0.393 e. The van der Waals surface area contributed by atoms with E-state index in [0.717, 1.165) is 55.0 Å². The smallest absolute Gasteiger partial charge is 0.289 e. The predicted octanol–water partition coefficient (Wildman–Crippen LogP) is 3.92. The van der Waals surface area contributed by atoms with Crippen LogP contribution in [0.1, 0.15) is 74.5 Å². The molecule has 2 fully saturated rings. The van der Waals surface area contributed by atoms with Crippen molar-refractivity contribution in [2.45, 2.75) is 89.4 Å². The van der Waals surface area contributed by atoms with Gasteiger partial charge in [-0.3, -0.25) is 9.79 Å². The first kappa shape index (κ1) is 28.1. The molecule has 5 N–H and O–H groups in total. The summed E-state index contributed by atoms with van der Waals surface area (Å²) in [4.78, 5) is 26.9. The summed E-state index contributed by atoms with van der Waals surface area (Å²) < 4.78 is 0. The SMILES string of the molecule is CC(N)=N[C@@H]1CCCC[C@@H]1Nc1nc(C(=O)NC2CCC(O)CC2)nc2ccc(C)cc12.Cl.Cl. The second kappa shape index (κ2) is 12.5. The van der Waals surface area contributed by atoms with E-state index < -0.39 is 0 Å². The van der Waals surface area contributed by atoms with E-state index in [1.165, 1.54) is 0 Å². The third kappa shape index (κ3) is 6.93. The quantitative estimate of drug-likeness (QED) is 0.356. The number of aliphatic hydroxyl groups is 1. The standard InChI is InChI=1S/C24H34N6O2.2ClH/c1-14-7-12-19-18(13-14)22(29-21-6-4-3-5-20(21)26-15(2)25)30-23(28-19)24(32)27-16-8-10-17(31)11-9-16;;/h7,12-13,16-17,20-21,31H,3-6,8-11H2,1-2H3,(H2,25,26)(H,27,32)(H,28,29,30);2*1H/t16?,17?,20-,21+;;/m1../s1. The lowest BCUT2D eigenvalue weighted by Crippen LogP contribution is -2.39. The van der Waals surface area contributed by atoms with Crippen LogP contribution in [0.4, 0.5) is 5.82 Å². The van der Waals surface area contributed by atoms with E-state index >= 15 is 0 Å². The molecule has 2 aliphatic rings. The third-order valence-electron chi connectivity index (χ3n) is 6.51. The predicted molar refractivity (Wildman–Crippen MR) is 141 cm³/mol. The lowest BCUT2D eigenvalue weighted by Gasteiger charge is -2.30. The summed E-state index contributed by atoms with van der Waals surface area (Å²) in [5.41, 5.74) is 7.73. The number of aliphatic hydroxyl groups excluding tert-OH is 1. The monoisotopic (exact) mass is 510 g/mol. The van der Waals surface area contributed by atoms with Crippen molar-refractivity contribution in [3.05, 3.63) is 29.6 Å². The van der Waals surface area contributed by atoms with Gasteiger partial charge in [0.15, 0.2) is 0 Å². The minimum atomic E-state index is -0.270. The van der Waals surface area contributed by atoms with Gasteiger partial charge in [0.1, 0.15) is 5.82 Å². The number of benzene rings is 1. The van der Waals surface area contributed by atoms with Crippen molar-refractivity contribution >= 4 is 53.3 Å². The van der Waals surface area contributed by atoms with Crippen LogP contribution in [0.15, 0.2) is 23.2 Å². The van der Waals surface area contributed by atoms with Crippen LogP contribution in [-0.4, -0.2) is 51.0 Å². The Bertz CT molecular complexity index is 1010. The van der Waals surface area contributed by atoms with Crippen LogP contribution in [0.2, 0.25) is 0 Å². The lowest BCUT2D eigenvalue weighted by molar-refractivity contribution is 0.0859. The van der Waals surface area contributed by atoms with E-state index in [1.54, 1.807) is 0 Å². The summed E-state index contributed by atoms with van der Waals surface area (Å²) >= 11 is 0. The summed E-state index contributed by atoms with van der Waals surface area (Å²) in [6, 6.07) is 6.23. The summed E-state index contributed by atoms with van der Waals surface area (Å²) in [7, 11) is 0. The zero-order valence-electron chi connectivity index (χ0n) is 19.8. The van der Waals surface area contributed by atoms with Crippen molar-refractivity contribution in [2.24, 2.45) is 10.7 Å². The van der Waals surface area contributed by atoms with Crippen molar-refractivity contribution in [3.8, 4) is 0 Å². The maximum atomic E-state index is 13.0. The fourth-order valence-corrected chi connectivity index (χ4v) is 4.80. The van der Waals surface area contributed by atoms with Crippen molar-refractivity contribution in [1.29, 1.82) is 0 Å². The second-order valence-corrected chi connectivity index (χ2v) is 9.27. The highest BCUT2D eigenvalue weighted by molar-refractivity contribution is 5.96. The Balaban J connectivity index is 0.00000204. The number of amidine groups is 1. The fraction of sp³-hybridized carbons (Fsp3) is 0.583. The van der Waals surface area contributed by atoms with Gasteiger partial charge in [0.05, 0.1) is 23.5 Å². The number of hydrogen-bond donors (Lipinski definition) is 4. The minimum Gasteiger partial charge on any atom is -0.393 e. The van der Waals surface area contributed by atoms with Crippen molar-refractivity contribution in [1.82, 2.24) is 15.3 Å². The van der Waals surface area contributed by atoms with Crippen molar-refractivity contribution < 1.29 is 9.90 Å². The number of aliphatic imine (C=N–C) groups is 1. The number of nitrogens with zero attached hydrogens (tertiary/aromatic N) is 3. The number of fused-ring (bicyclic) bond motifs is 1. The molecule has 2 aromatic rings. The maximum absolute atomic E-state index is 13.0. The number of anilines is 1. The summed E-state index contributed by atoms with van der Waals surface area (Å²) in [5, 5.41) is 17.3. The molecule has 1 aromatic carbocycles. The Labute approximate surface area is 213 Å². The summed E-state index contributed by atoms with van der Waals surface area (Å²) in [6.45, 7) is 3.86. The Kier molecular flexibility index (Phi) is 10.3. The van der Waals surface area contributed by atoms with Crippen LogP contribution >= 0.6 is 24.8 Å². The highest BCUT2D eigenvalue weighted by Gasteiger charge is 2.27. The molecular weight excluding hydrogens is 475 g/mol.